The standard InChI is InChI=1S/C15H21N3O5/c1-9(2)17-14(22)18-11-7-5-4-6-10(11)12(19)16-8-15(3,23)13(20)21/h4-7,9,23H,8H2,1-3H3,(H,16,19)(H,20,21)(H2,17,18,22). The Labute approximate surface area is 133 Å². The van der Waals surface area contributed by atoms with Crippen LogP contribution in [0.5, 0.6) is 0 Å². The highest BCUT2D eigenvalue weighted by Gasteiger charge is 2.30. The van der Waals surface area contributed by atoms with E-state index >= 15 is 0 Å². The number of hydrogen-bond donors (Lipinski definition) is 5. The molecule has 1 aromatic carbocycles. The number of benzene rings is 1. The molecule has 23 heavy (non-hydrogen) atoms. The fourth-order valence-corrected chi connectivity index (χ4v) is 1.63. The zero-order chi connectivity index (χ0) is 17.6. The lowest BCUT2D eigenvalue weighted by atomic mass is 10.1. The van der Waals surface area contributed by atoms with Gasteiger partial charge in [0.05, 0.1) is 17.8 Å². The molecule has 0 aliphatic rings. The summed E-state index contributed by atoms with van der Waals surface area (Å²) in [6.07, 6.45) is 0. The molecule has 0 saturated heterocycles. The minimum Gasteiger partial charge on any atom is -0.479 e. The molecule has 8 heteroatoms. The van der Waals surface area contributed by atoms with Crippen LogP contribution >= 0.6 is 0 Å². The Morgan fingerprint density at radius 1 is 1.22 bits per heavy atom. The number of anilines is 1. The van der Waals surface area contributed by atoms with Crippen LogP contribution in [0.3, 0.4) is 0 Å². The Balaban J connectivity index is 2.82. The molecule has 1 aromatic rings. The highest BCUT2D eigenvalue weighted by atomic mass is 16.4. The van der Waals surface area contributed by atoms with Gasteiger partial charge in [0.1, 0.15) is 0 Å². The number of amides is 3. The summed E-state index contributed by atoms with van der Waals surface area (Å²) in [4.78, 5) is 34.7. The third-order valence-corrected chi connectivity index (χ3v) is 2.89. The molecule has 0 aliphatic heterocycles. The summed E-state index contributed by atoms with van der Waals surface area (Å²) in [5.41, 5.74) is -1.64. The van der Waals surface area contributed by atoms with E-state index < -0.39 is 30.1 Å². The Kier molecular flexibility index (Phi) is 6.09. The van der Waals surface area contributed by atoms with Crippen molar-refractivity contribution in [1.82, 2.24) is 10.6 Å². The van der Waals surface area contributed by atoms with Gasteiger partial charge in [-0.3, -0.25) is 4.79 Å². The van der Waals surface area contributed by atoms with Crippen LogP contribution in [0.15, 0.2) is 24.3 Å². The maximum atomic E-state index is 12.2. The van der Waals surface area contributed by atoms with Crippen LogP contribution in [0.2, 0.25) is 0 Å². The minimum absolute atomic E-state index is 0.0679. The molecular weight excluding hydrogens is 302 g/mol. The number of rotatable bonds is 6. The molecule has 8 nitrogen and oxygen atoms in total. The summed E-state index contributed by atoms with van der Waals surface area (Å²) in [6, 6.07) is 5.75. The summed E-state index contributed by atoms with van der Waals surface area (Å²) in [5.74, 6) is -2.05. The Bertz CT molecular complexity index is 599. The lowest BCUT2D eigenvalue weighted by Gasteiger charge is -2.19. The molecule has 0 bridgehead atoms. The summed E-state index contributed by atoms with van der Waals surface area (Å²) >= 11 is 0. The van der Waals surface area contributed by atoms with Gasteiger partial charge in [-0.1, -0.05) is 12.1 Å². The van der Waals surface area contributed by atoms with Crippen molar-refractivity contribution in [3.63, 3.8) is 0 Å². The fourth-order valence-electron chi connectivity index (χ4n) is 1.63. The van der Waals surface area contributed by atoms with Crippen molar-refractivity contribution in [1.29, 1.82) is 0 Å². The van der Waals surface area contributed by atoms with Gasteiger partial charge in [-0.2, -0.15) is 0 Å². The highest BCUT2D eigenvalue weighted by Crippen LogP contribution is 2.15. The van der Waals surface area contributed by atoms with Gasteiger partial charge in [0.25, 0.3) is 5.91 Å². The van der Waals surface area contributed by atoms with Crippen LogP contribution in [0, 0.1) is 0 Å². The number of carboxylic acids is 1. The predicted octanol–water partition coefficient (Wildman–Crippen LogP) is 0.782. The van der Waals surface area contributed by atoms with E-state index in [4.69, 9.17) is 5.11 Å². The molecule has 1 rings (SSSR count). The Morgan fingerprint density at radius 3 is 2.39 bits per heavy atom. The van der Waals surface area contributed by atoms with Gasteiger partial charge in [0.15, 0.2) is 5.60 Å². The van der Waals surface area contributed by atoms with Gasteiger partial charge in [-0.15, -0.1) is 0 Å². The molecular formula is C15H21N3O5. The monoisotopic (exact) mass is 323 g/mol. The summed E-state index contributed by atoms with van der Waals surface area (Å²) in [7, 11) is 0. The van der Waals surface area contributed by atoms with Crippen LogP contribution in [-0.4, -0.2) is 46.3 Å². The molecule has 0 heterocycles. The number of para-hydroxylation sites is 1. The van der Waals surface area contributed by atoms with Crippen molar-refractivity contribution in [2.24, 2.45) is 0 Å². The zero-order valence-electron chi connectivity index (χ0n) is 13.2. The number of carboxylic acid groups (broad SMARTS) is 1. The van der Waals surface area contributed by atoms with Crippen molar-refractivity contribution >= 4 is 23.6 Å². The minimum atomic E-state index is -2.08. The molecule has 0 spiro atoms. The van der Waals surface area contributed by atoms with Crippen molar-refractivity contribution in [2.75, 3.05) is 11.9 Å². The summed E-state index contributed by atoms with van der Waals surface area (Å²) in [6.45, 7) is 4.21. The molecule has 0 aromatic heterocycles. The number of nitrogens with one attached hydrogen (secondary N) is 3. The van der Waals surface area contributed by atoms with E-state index in [0.717, 1.165) is 6.92 Å². The third-order valence-electron chi connectivity index (χ3n) is 2.89. The fraction of sp³-hybridized carbons (Fsp3) is 0.400. The van der Waals surface area contributed by atoms with Gasteiger partial charge in [0, 0.05) is 6.04 Å². The highest BCUT2D eigenvalue weighted by molar-refractivity contribution is 6.03. The second-order valence-corrected chi connectivity index (χ2v) is 5.56. The van der Waals surface area contributed by atoms with Crippen molar-refractivity contribution in [2.45, 2.75) is 32.4 Å². The Hall–Kier alpha value is -2.61. The summed E-state index contributed by atoms with van der Waals surface area (Å²) in [5, 5.41) is 25.9. The van der Waals surface area contributed by atoms with E-state index in [0.29, 0.717) is 0 Å². The average molecular weight is 323 g/mol. The number of aliphatic hydroxyl groups is 1. The van der Waals surface area contributed by atoms with Gasteiger partial charge in [-0.05, 0) is 32.9 Å². The van der Waals surface area contributed by atoms with E-state index in [9.17, 15) is 19.5 Å². The number of carbonyl (C=O) groups excluding carboxylic acids is 2. The summed E-state index contributed by atoms with van der Waals surface area (Å²) < 4.78 is 0. The van der Waals surface area contributed by atoms with E-state index in [1.165, 1.54) is 6.07 Å². The predicted molar refractivity (Wildman–Crippen MR) is 84.3 cm³/mol. The second kappa shape index (κ2) is 7.59. The third kappa shape index (κ3) is 5.59. The van der Waals surface area contributed by atoms with E-state index in [-0.39, 0.29) is 17.3 Å². The SMILES string of the molecule is CC(C)NC(=O)Nc1ccccc1C(=O)NCC(C)(O)C(=O)O. The van der Waals surface area contributed by atoms with E-state index in [1.807, 2.05) is 0 Å². The van der Waals surface area contributed by atoms with Crippen molar-refractivity contribution in [3.05, 3.63) is 29.8 Å². The Morgan fingerprint density at radius 2 is 1.83 bits per heavy atom. The number of hydrogen-bond acceptors (Lipinski definition) is 4. The van der Waals surface area contributed by atoms with E-state index in [2.05, 4.69) is 16.0 Å². The van der Waals surface area contributed by atoms with Crippen LogP contribution in [0.4, 0.5) is 10.5 Å². The maximum Gasteiger partial charge on any atom is 0.337 e. The topological polar surface area (TPSA) is 128 Å². The lowest BCUT2D eigenvalue weighted by Crippen LogP contribution is -2.46. The molecule has 0 radical (unpaired) electrons. The second-order valence-electron chi connectivity index (χ2n) is 5.56. The molecule has 126 valence electrons. The molecule has 1 unspecified atom stereocenters. The first-order chi connectivity index (χ1) is 10.6. The van der Waals surface area contributed by atoms with Crippen LogP contribution in [0.1, 0.15) is 31.1 Å². The molecule has 5 N–H and O–H groups in total. The average Bonchev–Trinajstić information content (AvgIpc) is 2.44. The normalized spacial score (nSPS) is 13.1. The molecule has 0 fully saturated rings. The number of aliphatic carboxylic acids is 1. The van der Waals surface area contributed by atoms with Crippen LogP contribution < -0.4 is 16.0 Å². The van der Waals surface area contributed by atoms with Gasteiger partial charge >= 0.3 is 12.0 Å². The molecule has 1 atom stereocenters. The maximum absolute atomic E-state index is 12.2. The van der Waals surface area contributed by atoms with Gasteiger partial charge < -0.3 is 26.2 Å². The van der Waals surface area contributed by atoms with Crippen LogP contribution in [-0.2, 0) is 4.79 Å². The lowest BCUT2D eigenvalue weighted by molar-refractivity contribution is -0.155. The van der Waals surface area contributed by atoms with Gasteiger partial charge in [0.2, 0.25) is 0 Å². The van der Waals surface area contributed by atoms with Crippen molar-refractivity contribution in [3.8, 4) is 0 Å². The first kappa shape index (κ1) is 18.4. The molecule has 0 aliphatic carbocycles. The van der Waals surface area contributed by atoms with E-state index in [1.54, 1.807) is 32.0 Å². The quantitative estimate of drug-likeness (QED) is 0.528. The number of urea groups is 1. The molecule has 3 amide bonds. The smallest absolute Gasteiger partial charge is 0.337 e. The zero-order valence-corrected chi connectivity index (χ0v) is 13.2. The van der Waals surface area contributed by atoms with Crippen LogP contribution in [0.25, 0.3) is 0 Å². The molecule has 0 saturated carbocycles. The van der Waals surface area contributed by atoms with Gasteiger partial charge in [-0.25, -0.2) is 9.59 Å². The first-order valence-corrected chi connectivity index (χ1v) is 7.04. The largest absolute Gasteiger partial charge is 0.479 e. The number of carbonyl (C=O) groups is 3. The first-order valence-electron chi connectivity index (χ1n) is 7.04. The van der Waals surface area contributed by atoms with Crippen molar-refractivity contribution < 1.29 is 24.6 Å².